The molecular weight excluding hydrogens is 307 g/mol. The van der Waals surface area contributed by atoms with Gasteiger partial charge in [-0.1, -0.05) is 30.3 Å². The molecule has 0 fully saturated rings. The maximum Gasteiger partial charge on any atom is 0.185 e. The largest absolute Gasteiger partial charge is 0.289 e. The lowest BCUT2D eigenvalue weighted by Crippen LogP contribution is -1.93. The zero-order valence-corrected chi connectivity index (χ0v) is 13.2. The van der Waals surface area contributed by atoms with Crippen LogP contribution in [0.25, 0.3) is 6.08 Å². The van der Waals surface area contributed by atoms with E-state index in [0.717, 1.165) is 11.3 Å². The molecule has 0 N–H and O–H groups in total. The van der Waals surface area contributed by atoms with Crippen molar-refractivity contribution in [3.63, 3.8) is 0 Å². The van der Waals surface area contributed by atoms with E-state index in [0.29, 0.717) is 5.56 Å². The first-order valence-corrected chi connectivity index (χ1v) is 8.13. The van der Waals surface area contributed by atoms with Crippen LogP contribution in [0.15, 0.2) is 72.8 Å². The molecular formula is C20H15FOS. The average molecular weight is 322 g/mol. The highest BCUT2D eigenvalue weighted by Crippen LogP contribution is 2.21. The van der Waals surface area contributed by atoms with Crippen LogP contribution in [0.2, 0.25) is 0 Å². The second-order valence-corrected chi connectivity index (χ2v) is 6.37. The highest BCUT2D eigenvalue weighted by Gasteiger charge is 2.03. The number of benzene rings is 2. The minimum Gasteiger partial charge on any atom is -0.289 e. The molecule has 0 saturated heterocycles. The summed E-state index contributed by atoms with van der Waals surface area (Å²) in [5, 5.41) is 0. The van der Waals surface area contributed by atoms with Crippen LogP contribution in [0.4, 0.5) is 4.39 Å². The third-order valence-electron chi connectivity index (χ3n) is 3.43. The lowest BCUT2D eigenvalue weighted by Gasteiger charge is -1.97. The SMILES string of the molecule is O=C(/C=C/c1ccc(Cc2ccccc2)s1)c1ccc(F)cc1. The Balaban J connectivity index is 1.66. The molecule has 0 aliphatic carbocycles. The predicted octanol–water partition coefficient (Wildman–Crippen LogP) is 5.37. The number of carbonyl (C=O) groups excluding carboxylic acids is 1. The number of halogens is 1. The van der Waals surface area contributed by atoms with Crippen LogP contribution in [0.3, 0.4) is 0 Å². The fraction of sp³-hybridized carbons (Fsp3) is 0.0500. The molecule has 3 rings (SSSR count). The zero-order valence-electron chi connectivity index (χ0n) is 12.4. The molecule has 3 aromatic rings. The molecule has 0 spiro atoms. The Labute approximate surface area is 138 Å². The van der Waals surface area contributed by atoms with Crippen LogP contribution < -0.4 is 0 Å². The van der Waals surface area contributed by atoms with Crippen LogP contribution in [-0.2, 0) is 6.42 Å². The molecule has 2 aromatic carbocycles. The van der Waals surface area contributed by atoms with Gasteiger partial charge in [0, 0.05) is 21.7 Å². The molecule has 0 amide bonds. The van der Waals surface area contributed by atoms with E-state index in [1.54, 1.807) is 11.3 Å². The van der Waals surface area contributed by atoms with Crippen molar-refractivity contribution in [3.8, 4) is 0 Å². The van der Waals surface area contributed by atoms with Gasteiger partial charge in [0.25, 0.3) is 0 Å². The summed E-state index contributed by atoms with van der Waals surface area (Å²) in [4.78, 5) is 14.3. The molecule has 0 radical (unpaired) electrons. The first kappa shape index (κ1) is 15.4. The summed E-state index contributed by atoms with van der Waals surface area (Å²) in [6.45, 7) is 0. The van der Waals surface area contributed by atoms with Crippen molar-refractivity contribution >= 4 is 23.2 Å². The Bertz CT molecular complexity index is 816. The Morgan fingerprint density at radius 2 is 1.70 bits per heavy atom. The van der Waals surface area contributed by atoms with Crippen molar-refractivity contribution in [1.82, 2.24) is 0 Å². The van der Waals surface area contributed by atoms with Gasteiger partial charge in [-0.15, -0.1) is 11.3 Å². The standard InChI is InChI=1S/C20H15FOS/c21-17-8-6-16(7-9-17)20(22)13-12-18-10-11-19(23-18)14-15-4-2-1-3-5-15/h1-13H,14H2/b13-12+. The predicted molar refractivity (Wildman–Crippen MR) is 93.3 cm³/mol. The molecule has 0 bridgehead atoms. The maximum atomic E-state index is 12.9. The van der Waals surface area contributed by atoms with Gasteiger partial charge in [0.15, 0.2) is 5.78 Å². The normalized spacial score (nSPS) is 11.0. The van der Waals surface area contributed by atoms with E-state index in [-0.39, 0.29) is 11.6 Å². The smallest absolute Gasteiger partial charge is 0.185 e. The summed E-state index contributed by atoms with van der Waals surface area (Å²) in [5.41, 5.74) is 1.76. The molecule has 114 valence electrons. The van der Waals surface area contributed by atoms with Crippen molar-refractivity contribution in [2.24, 2.45) is 0 Å². The Morgan fingerprint density at radius 3 is 2.43 bits per heavy atom. The van der Waals surface area contributed by atoms with E-state index < -0.39 is 0 Å². The summed E-state index contributed by atoms with van der Waals surface area (Å²) in [7, 11) is 0. The van der Waals surface area contributed by atoms with Gasteiger partial charge in [0.1, 0.15) is 5.82 Å². The maximum absolute atomic E-state index is 12.9. The van der Waals surface area contributed by atoms with Gasteiger partial charge in [-0.25, -0.2) is 4.39 Å². The molecule has 1 heterocycles. The Morgan fingerprint density at radius 1 is 0.957 bits per heavy atom. The molecule has 0 aliphatic rings. The number of hydrogen-bond acceptors (Lipinski definition) is 2. The molecule has 1 nitrogen and oxygen atoms in total. The van der Waals surface area contributed by atoms with Gasteiger partial charge in [-0.2, -0.15) is 0 Å². The van der Waals surface area contributed by atoms with Crippen molar-refractivity contribution < 1.29 is 9.18 Å². The van der Waals surface area contributed by atoms with E-state index in [9.17, 15) is 9.18 Å². The Hall–Kier alpha value is -2.52. The second kappa shape index (κ2) is 7.16. The molecule has 0 aliphatic heterocycles. The number of allylic oxidation sites excluding steroid dienone is 1. The molecule has 3 heteroatoms. The topological polar surface area (TPSA) is 17.1 Å². The minimum absolute atomic E-state index is 0.122. The van der Waals surface area contributed by atoms with Crippen LogP contribution in [-0.4, -0.2) is 5.78 Å². The second-order valence-electron chi connectivity index (χ2n) is 5.17. The van der Waals surface area contributed by atoms with Gasteiger partial charge in [-0.05, 0) is 54.1 Å². The van der Waals surface area contributed by atoms with E-state index in [2.05, 4.69) is 18.2 Å². The molecule has 1 aromatic heterocycles. The summed E-state index contributed by atoms with van der Waals surface area (Å²) in [6.07, 6.45) is 4.24. The van der Waals surface area contributed by atoms with Gasteiger partial charge in [0.2, 0.25) is 0 Å². The van der Waals surface area contributed by atoms with Gasteiger partial charge >= 0.3 is 0 Å². The Kier molecular flexibility index (Phi) is 4.79. The summed E-state index contributed by atoms with van der Waals surface area (Å²) >= 11 is 1.67. The fourth-order valence-electron chi connectivity index (χ4n) is 2.24. The summed E-state index contributed by atoms with van der Waals surface area (Å²) < 4.78 is 12.9. The number of carbonyl (C=O) groups is 1. The third-order valence-corrected chi connectivity index (χ3v) is 4.48. The molecule has 23 heavy (non-hydrogen) atoms. The monoisotopic (exact) mass is 322 g/mol. The third kappa shape index (κ3) is 4.24. The number of ketones is 1. The van der Waals surface area contributed by atoms with Crippen LogP contribution >= 0.6 is 11.3 Å². The van der Waals surface area contributed by atoms with E-state index in [4.69, 9.17) is 0 Å². The molecule has 0 saturated carbocycles. The highest BCUT2D eigenvalue weighted by molar-refractivity contribution is 7.12. The van der Waals surface area contributed by atoms with Crippen molar-refractivity contribution in [2.45, 2.75) is 6.42 Å². The number of rotatable bonds is 5. The molecule has 0 atom stereocenters. The van der Waals surface area contributed by atoms with Gasteiger partial charge < -0.3 is 0 Å². The average Bonchev–Trinajstić information content (AvgIpc) is 3.02. The number of hydrogen-bond donors (Lipinski definition) is 0. The van der Waals surface area contributed by atoms with Crippen LogP contribution in [0.1, 0.15) is 25.7 Å². The van der Waals surface area contributed by atoms with E-state index >= 15 is 0 Å². The van der Waals surface area contributed by atoms with Gasteiger partial charge in [-0.3, -0.25) is 4.79 Å². The fourth-order valence-corrected chi connectivity index (χ4v) is 3.19. The molecule has 0 unspecified atom stereocenters. The first-order chi connectivity index (χ1) is 11.2. The first-order valence-electron chi connectivity index (χ1n) is 7.31. The van der Waals surface area contributed by atoms with E-state index in [1.165, 1.54) is 40.8 Å². The van der Waals surface area contributed by atoms with Crippen molar-refractivity contribution in [3.05, 3.63) is 99.5 Å². The highest BCUT2D eigenvalue weighted by atomic mass is 32.1. The van der Waals surface area contributed by atoms with Crippen LogP contribution in [0, 0.1) is 5.82 Å². The summed E-state index contributed by atoms with van der Waals surface area (Å²) in [5.74, 6) is -0.461. The van der Waals surface area contributed by atoms with Crippen LogP contribution in [0.5, 0.6) is 0 Å². The minimum atomic E-state index is -0.339. The lowest BCUT2D eigenvalue weighted by atomic mass is 10.1. The van der Waals surface area contributed by atoms with Gasteiger partial charge in [0.05, 0.1) is 0 Å². The lowest BCUT2D eigenvalue weighted by molar-refractivity contribution is 0.104. The van der Waals surface area contributed by atoms with Crippen molar-refractivity contribution in [1.29, 1.82) is 0 Å². The van der Waals surface area contributed by atoms with E-state index in [1.807, 2.05) is 30.3 Å². The van der Waals surface area contributed by atoms with Crippen molar-refractivity contribution in [2.75, 3.05) is 0 Å². The quantitative estimate of drug-likeness (QED) is 0.455. The summed E-state index contributed by atoms with van der Waals surface area (Å²) in [6, 6.07) is 20.0. The zero-order chi connectivity index (χ0) is 16.1. The number of thiophene rings is 1.